The van der Waals surface area contributed by atoms with Crippen LogP contribution in [0.3, 0.4) is 0 Å². The molecular formula is C18H20FN3O3. The Labute approximate surface area is 144 Å². The Morgan fingerprint density at radius 2 is 1.92 bits per heavy atom. The molecule has 0 spiro atoms. The van der Waals surface area contributed by atoms with Crippen LogP contribution >= 0.6 is 0 Å². The first-order chi connectivity index (χ1) is 11.9. The van der Waals surface area contributed by atoms with Crippen LogP contribution in [0.5, 0.6) is 0 Å². The number of aromatic nitrogens is 2. The molecule has 1 aromatic heterocycles. The van der Waals surface area contributed by atoms with E-state index in [1.54, 1.807) is 26.0 Å². The lowest BCUT2D eigenvalue weighted by molar-refractivity contribution is -0.142. The minimum absolute atomic E-state index is 0.251. The van der Waals surface area contributed by atoms with E-state index < -0.39 is 11.8 Å². The van der Waals surface area contributed by atoms with Crippen LogP contribution in [0.2, 0.25) is 0 Å². The molecule has 0 atom stereocenters. The van der Waals surface area contributed by atoms with Crippen molar-refractivity contribution >= 4 is 11.7 Å². The Morgan fingerprint density at radius 3 is 2.48 bits per heavy atom. The number of carboxylic acid groups (broad SMARTS) is 1. The second-order valence-electron chi connectivity index (χ2n) is 6.35. The summed E-state index contributed by atoms with van der Waals surface area (Å²) in [4.78, 5) is 29.3. The fourth-order valence-electron chi connectivity index (χ4n) is 3.31. The van der Waals surface area contributed by atoms with Crippen molar-refractivity contribution in [2.45, 2.75) is 26.7 Å². The number of hydrogen-bond acceptors (Lipinski definition) is 4. The zero-order chi connectivity index (χ0) is 18.1. The van der Waals surface area contributed by atoms with Gasteiger partial charge in [0.25, 0.3) is 5.56 Å². The summed E-state index contributed by atoms with van der Waals surface area (Å²) >= 11 is 0. The summed E-state index contributed by atoms with van der Waals surface area (Å²) in [5, 5.41) is 9.05. The van der Waals surface area contributed by atoms with Gasteiger partial charge in [0.15, 0.2) is 0 Å². The van der Waals surface area contributed by atoms with Gasteiger partial charge in [0, 0.05) is 30.9 Å². The van der Waals surface area contributed by atoms with Crippen LogP contribution < -0.4 is 10.5 Å². The Hall–Kier alpha value is -2.70. The lowest BCUT2D eigenvalue weighted by Crippen LogP contribution is -2.36. The van der Waals surface area contributed by atoms with Gasteiger partial charge in [-0.2, -0.15) is 0 Å². The maximum Gasteiger partial charge on any atom is 0.306 e. The summed E-state index contributed by atoms with van der Waals surface area (Å²) in [5.74, 6) is -1.09. The summed E-state index contributed by atoms with van der Waals surface area (Å²) in [6.45, 7) is 4.44. The molecule has 1 aliphatic rings. The van der Waals surface area contributed by atoms with Crippen molar-refractivity contribution in [3.8, 4) is 5.69 Å². The number of anilines is 1. The van der Waals surface area contributed by atoms with Crippen molar-refractivity contribution in [3.63, 3.8) is 0 Å². The Balaban J connectivity index is 1.88. The quantitative estimate of drug-likeness (QED) is 0.924. The van der Waals surface area contributed by atoms with Crippen LogP contribution in [0, 0.1) is 25.6 Å². The number of aliphatic carboxylic acids is 1. The lowest BCUT2D eigenvalue weighted by atomic mass is 9.96. The second kappa shape index (κ2) is 6.66. The molecule has 25 heavy (non-hydrogen) atoms. The highest BCUT2D eigenvalue weighted by Crippen LogP contribution is 2.27. The molecule has 0 bridgehead atoms. The van der Waals surface area contributed by atoms with Crippen molar-refractivity contribution in [2.75, 3.05) is 18.0 Å². The number of carbonyl (C=O) groups is 1. The third-order valence-corrected chi connectivity index (χ3v) is 4.59. The minimum Gasteiger partial charge on any atom is -0.481 e. The van der Waals surface area contributed by atoms with Crippen molar-refractivity contribution in [2.24, 2.45) is 5.92 Å². The Kier molecular flexibility index (Phi) is 4.57. The van der Waals surface area contributed by atoms with E-state index >= 15 is 0 Å². The van der Waals surface area contributed by atoms with Crippen molar-refractivity contribution in [1.29, 1.82) is 0 Å². The van der Waals surface area contributed by atoms with E-state index in [4.69, 9.17) is 5.11 Å². The van der Waals surface area contributed by atoms with Gasteiger partial charge >= 0.3 is 5.97 Å². The highest BCUT2D eigenvalue weighted by atomic mass is 19.1. The normalized spacial score (nSPS) is 15.4. The van der Waals surface area contributed by atoms with Gasteiger partial charge in [-0.1, -0.05) is 0 Å². The number of hydrogen-bond donors (Lipinski definition) is 1. The fraction of sp³-hybridized carbons (Fsp3) is 0.389. The van der Waals surface area contributed by atoms with Crippen LogP contribution in [-0.2, 0) is 4.79 Å². The molecule has 0 radical (unpaired) electrons. The standard InChI is InChI=1S/C18H20FN3O3/c1-11-9-17(23)22(12(2)20-11)14-3-4-16(15(19)10-14)21-7-5-13(6-8-21)18(24)25/h3-4,9-10,13H,5-8H2,1-2H3,(H,24,25). The first-order valence-corrected chi connectivity index (χ1v) is 8.22. The highest BCUT2D eigenvalue weighted by molar-refractivity contribution is 5.70. The predicted octanol–water partition coefficient (Wildman–Crippen LogP) is 2.29. The number of piperidine rings is 1. The molecule has 3 rings (SSSR count). The minimum atomic E-state index is -0.794. The number of aryl methyl sites for hydroxylation is 2. The zero-order valence-electron chi connectivity index (χ0n) is 14.2. The van der Waals surface area contributed by atoms with E-state index in [2.05, 4.69) is 4.98 Å². The third kappa shape index (κ3) is 3.40. The van der Waals surface area contributed by atoms with Crippen molar-refractivity contribution in [1.82, 2.24) is 9.55 Å². The average molecular weight is 345 g/mol. The van der Waals surface area contributed by atoms with Gasteiger partial charge in [0.1, 0.15) is 11.6 Å². The largest absolute Gasteiger partial charge is 0.481 e. The fourth-order valence-corrected chi connectivity index (χ4v) is 3.31. The van der Waals surface area contributed by atoms with Gasteiger partial charge in [-0.3, -0.25) is 14.2 Å². The molecule has 1 aromatic carbocycles. The van der Waals surface area contributed by atoms with Crippen molar-refractivity contribution in [3.05, 3.63) is 52.0 Å². The van der Waals surface area contributed by atoms with Crippen molar-refractivity contribution < 1.29 is 14.3 Å². The highest BCUT2D eigenvalue weighted by Gasteiger charge is 2.26. The molecule has 0 saturated carbocycles. The molecule has 1 N–H and O–H groups in total. The molecule has 0 aliphatic carbocycles. The van der Waals surface area contributed by atoms with Crippen LogP contribution in [0.15, 0.2) is 29.1 Å². The van der Waals surface area contributed by atoms with Gasteiger partial charge in [0.05, 0.1) is 17.3 Å². The summed E-state index contributed by atoms with van der Waals surface area (Å²) < 4.78 is 16.0. The van der Waals surface area contributed by atoms with Crippen LogP contribution in [-0.4, -0.2) is 33.7 Å². The summed E-state index contributed by atoms with van der Waals surface area (Å²) in [6.07, 6.45) is 0.994. The molecule has 132 valence electrons. The first kappa shape index (κ1) is 17.1. The van der Waals surface area contributed by atoms with Crippen LogP contribution in [0.4, 0.5) is 10.1 Å². The first-order valence-electron chi connectivity index (χ1n) is 8.22. The molecule has 2 aromatic rings. The molecule has 1 saturated heterocycles. The molecule has 1 fully saturated rings. The third-order valence-electron chi connectivity index (χ3n) is 4.59. The molecule has 0 unspecified atom stereocenters. The summed E-state index contributed by atoms with van der Waals surface area (Å²) in [7, 11) is 0. The number of nitrogens with zero attached hydrogens (tertiary/aromatic N) is 3. The van der Waals surface area contributed by atoms with E-state index in [9.17, 15) is 14.0 Å². The summed E-state index contributed by atoms with van der Waals surface area (Å²) in [6, 6.07) is 6.06. The smallest absolute Gasteiger partial charge is 0.306 e. The molecule has 6 nitrogen and oxygen atoms in total. The maximum absolute atomic E-state index is 14.6. The van der Waals surface area contributed by atoms with Gasteiger partial charge < -0.3 is 10.0 Å². The van der Waals surface area contributed by atoms with Gasteiger partial charge in [-0.15, -0.1) is 0 Å². The Morgan fingerprint density at radius 1 is 1.24 bits per heavy atom. The average Bonchev–Trinajstić information content (AvgIpc) is 2.54. The second-order valence-corrected chi connectivity index (χ2v) is 6.35. The molecule has 0 amide bonds. The van der Waals surface area contributed by atoms with E-state index in [-0.39, 0.29) is 11.5 Å². The molecule has 2 heterocycles. The van der Waals surface area contributed by atoms with E-state index in [1.165, 1.54) is 16.7 Å². The maximum atomic E-state index is 14.6. The lowest BCUT2D eigenvalue weighted by Gasteiger charge is -2.32. The topological polar surface area (TPSA) is 75.4 Å². The van der Waals surface area contributed by atoms with E-state index in [0.717, 1.165) is 0 Å². The zero-order valence-corrected chi connectivity index (χ0v) is 14.2. The predicted molar refractivity (Wildman–Crippen MR) is 91.8 cm³/mol. The van der Waals surface area contributed by atoms with Gasteiger partial charge in [-0.05, 0) is 38.8 Å². The Bertz CT molecular complexity index is 870. The molecule has 1 aliphatic heterocycles. The number of carboxylic acids is 1. The summed E-state index contributed by atoms with van der Waals surface area (Å²) in [5.41, 5.74) is 1.23. The van der Waals surface area contributed by atoms with E-state index in [1.807, 2.05) is 4.90 Å². The monoisotopic (exact) mass is 345 g/mol. The van der Waals surface area contributed by atoms with Crippen LogP contribution in [0.1, 0.15) is 24.4 Å². The van der Waals surface area contributed by atoms with E-state index in [0.29, 0.717) is 48.8 Å². The number of rotatable bonds is 3. The SMILES string of the molecule is Cc1cc(=O)n(-c2ccc(N3CCC(C(=O)O)CC3)c(F)c2)c(C)n1. The number of halogens is 1. The number of benzene rings is 1. The van der Waals surface area contributed by atoms with Crippen LogP contribution in [0.25, 0.3) is 5.69 Å². The molecular weight excluding hydrogens is 325 g/mol. The van der Waals surface area contributed by atoms with Gasteiger partial charge in [-0.25, -0.2) is 9.37 Å². The molecule has 7 heteroatoms. The van der Waals surface area contributed by atoms with Gasteiger partial charge in [0.2, 0.25) is 0 Å².